The van der Waals surface area contributed by atoms with Crippen LogP contribution in [0.3, 0.4) is 0 Å². The fourth-order valence-electron chi connectivity index (χ4n) is 3.01. The van der Waals surface area contributed by atoms with Gasteiger partial charge in [0.15, 0.2) is 11.5 Å². The highest BCUT2D eigenvalue weighted by Gasteiger charge is 2.34. The number of ether oxygens (including phenoxy) is 2. The second kappa shape index (κ2) is 10.3. The Balaban J connectivity index is 1.75. The molecule has 1 saturated heterocycles. The number of hydrogen-bond donors (Lipinski definition) is 0. The molecule has 1 heterocycles. The zero-order valence-corrected chi connectivity index (χ0v) is 18.5. The number of hydrogen-bond acceptors (Lipinski definition) is 5. The molecule has 0 N–H and O–H groups in total. The monoisotopic (exact) mass is 425 g/mol. The average molecular weight is 426 g/mol. The van der Waals surface area contributed by atoms with Gasteiger partial charge in [0.05, 0.1) is 11.5 Å². The molecular weight excluding hydrogens is 398 g/mol. The highest BCUT2D eigenvalue weighted by atomic mass is 32.2. The van der Waals surface area contributed by atoms with Crippen molar-refractivity contribution in [2.24, 2.45) is 0 Å². The van der Waals surface area contributed by atoms with Crippen molar-refractivity contribution in [1.29, 1.82) is 0 Å². The van der Waals surface area contributed by atoms with E-state index in [1.165, 1.54) is 10.5 Å². The molecule has 1 aliphatic rings. The van der Waals surface area contributed by atoms with E-state index >= 15 is 0 Å². The molecule has 5 nitrogen and oxygen atoms in total. The summed E-state index contributed by atoms with van der Waals surface area (Å²) in [6.45, 7) is 7.40. The van der Waals surface area contributed by atoms with Crippen LogP contribution in [0.1, 0.15) is 43.4 Å². The number of carbonyl (C=O) groups excluding carboxylic acids is 2. The summed E-state index contributed by atoms with van der Waals surface area (Å²) in [6, 6.07) is 13.7. The molecule has 158 valence electrons. The number of benzene rings is 2. The number of imide groups is 1. The lowest BCUT2D eigenvalue weighted by molar-refractivity contribution is -0.122. The maximum atomic E-state index is 12.5. The fourth-order valence-corrected chi connectivity index (χ4v) is 3.87. The van der Waals surface area contributed by atoms with Crippen molar-refractivity contribution in [3.05, 3.63) is 64.1 Å². The van der Waals surface area contributed by atoms with E-state index in [1.54, 1.807) is 6.08 Å². The van der Waals surface area contributed by atoms with E-state index in [9.17, 15) is 9.59 Å². The molecule has 0 bridgehead atoms. The van der Waals surface area contributed by atoms with E-state index in [0.29, 0.717) is 36.2 Å². The summed E-state index contributed by atoms with van der Waals surface area (Å²) in [5.41, 5.74) is 3.08. The van der Waals surface area contributed by atoms with Crippen LogP contribution in [-0.2, 0) is 11.4 Å². The minimum absolute atomic E-state index is 0.206. The predicted molar refractivity (Wildman–Crippen MR) is 121 cm³/mol. The largest absolute Gasteiger partial charge is 0.490 e. The Kier molecular flexibility index (Phi) is 7.57. The second-order valence-electron chi connectivity index (χ2n) is 7.10. The molecule has 0 aliphatic carbocycles. The van der Waals surface area contributed by atoms with E-state index in [1.807, 2.05) is 44.2 Å². The highest BCUT2D eigenvalue weighted by Crippen LogP contribution is 2.35. The Labute approximate surface area is 182 Å². The molecule has 0 radical (unpaired) electrons. The van der Waals surface area contributed by atoms with E-state index in [4.69, 9.17) is 9.47 Å². The lowest BCUT2D eigenvalue weighted by Gasteiger charge is -2.13. The molecule has 0 spiro atoms. The topological polar surface area (TPSA) is 55.8 Å². The maximum absolute atomic E-state index is 12.5. The van der Waals surface area contributed by atoms with Gasteiger partial charge in [-0.05, 0) is 61.4 Å². The average Bonchev–Trinajstić information content (AvgIpc) is 3.00. The Hall–Kier alpha value is -2.73. The number of rotatable bonds is 9. The van der Waals surface area contributed by atoms with E-state index in [2.05, 4.69) is 19.1 Å². The number of thioether (sulfide) groups is 1. The number of aryl methyl sites for hydroxylation is 1. The van der Waals surface area contributed by atoms with Crippen LogP contribution < -0.4 is 9.47 Å². The van der Waals surface area contributed by atoms with Gasteiger partial charge in [0.2, 0.25) is 0 Å². The molecule has 2 aromatic rings. The second-order valence-corrected chi connectivity index (χ2v) is 8.09. The van der Waals surface area contributed by atoms with Crippen LogP contribution >= 0.6 is 11.8 Å². The van der Waals surface area contributed by atoms with Crippen LogP contribution in [0, 0.1) is 6.92 Å². The van der Waals surface area contributed by atoms with Gasteiger partial charge in [0.1, 0.15) is 6.61 Å². The van der Waals surface area contributed by atoms with Crippen LogP contribution in [-0.4, -0.2) is 29.2 Å². The third-order valence-electron chi connectivity index (χ3n) is 4.69. The maximum Gasteiger partial charge on any atom is 0.293 e. The van der Waals surface area contributed by atoms with Crippen molar-refractivity contribution in [2.75, 3.05) is 13.2 Å². The zero-order chi connectivity index (χ0) is 21.5. The van der Waals surface area contributed by atoms with Crippen molar-refractivity contribution in [2.45, 2.75) is 40.2 Å². The Morgan fingerprint density at radius 1 is 1.00 bits per heavy atom. The van der Waals surface area contributed by atoms with Gasteiger partial charge < -0.3 is 9.47 Å². The van der Waals surface area contributed by atoms with E-state index in [-0.39, 0.29) is 11.1 Å². The van der Waals surface area contributed by atoms with Crippen molar-refractivity contribution >= 4 is 29.0 Å². The van der Waals surface area contributed by atoms with Gasteiger partial charge in [-0.25, -0.2) is 0 Å². The Morgan fingerprint density at radius 2 is 1.77 bits per heavy atom. The van der Waals surface area contributed by atoms with Gasteiger partial charge in [0.25, 0.3) is 11.1 Å². The summed E-state index contributed by atoms with van der Waals surface area (Å²) in [5.74, 6) is 1.03. The summed E-state index contributed by atoms with van der Waals surface area (Å²) in [6.07, 6.45) is 3.48. The van der Waals surface area contributed by atoms with Crippen LogP contribution in [0.5, 0.6) is 11.5 Å². The lowest BCUT2D eigenvalue weighted by Crippen LogP contribution is -2.29. The van der Waals surface area contributed by atoms with Crippen molar-refractivity contribution in [1.82, 2.24) is 4.90 Å². The minimum atomic E-state index is -0.226. The molecule has 3 rings (SSSR count). The predicted octanol–water partition coefficient (Wildman–Crippen LogP) is 5.81. The molecule has 0 aromatic heterocycles. The van der Waals surface area contributed by atoms with Crippen LogP contribution in [0.2, 0.25) is 0 Å². The van der Waals surface area contributed by atoms with Crippen molar-refractivity contribution in [3.8, 4) is 11.5 Å². The molecule has 0 atom stereocenters. The highest BCUT2D eigenvalue weighted by molar-refractivity contribution is 8.18. The third-order valence-corrected chi connectivity index (χ3v) is 5.60. The summed E-state index contributed by atoms with van der Waals surface area (Å²) in [5, 5.41) is -0.206. The third kappa shape index (κ3) is 5.45. The van der Waals surface area contributed by atoms with Gasteiger partial charge >= 0.3 is 0 Å². The SMILES string of the molecule is CCCCN1C(=O)S/C(=C\c2ccc(OCc3ccc(C)cc3)c(OCC)c2)C1=O. The van der Waals surface area contributed by atoms with Crippen LogP contribution in [0.15, 0.2) is 47.4 Å². The van der Waals surface area contributed by atoms with Gasteiger partial charge in [-0.2, -0.15) is 0 Å². The molecular formula is C24H27NO4S. The molecule has 30 heavy (non-hydrogen) atoms. The first-order valence-corrected chi connectivity index (χ1v) is 11.0. The summed E-state index contributed by atoms with van der Waals surface area (Å²) >= 11 is 0.986. The summed E-state index contributed by atoms with van der Waals surface area (Å²) < 4.78 is 11.7. The zero-order valence-electron chi connectivity index (χ0n) is 17.6. The number of carbonyl (C=O) groups is 2. The molecule has 0 saturated carbocycles. The standard InChI is InChI=1S/C24H27NO4S/c1-4-6-13-25-23(26)22(30-24(25)27)15-19-11-12-20(21(14-19)28-5-2)29-16-18-9-7-17(3)8-10-18/h7-12,14-15H,4-6,13,16H2,1-3H3/b22-15-. The first-order valence-electron chi connectivity index (χ1n) is 10.2. The lowest BCUT2D eigenvalue weighted by atomic mass is 10.1. The molecule has 0 unspecified atom stereocenters. The quantitative estimate of drug-likeness (QED) is 0.475. The summed E-state index contributed by atoms with van der Waals surface area (Å²) in [4.78, 5) is 26.4. The molecule has 2 amide bonds. The smallest absolute Gasteiger partial charge is 0.293 e. The van der Waals surface area contributed by atoms with Gasteiger partial charge in [-0.1, -0.05) is 49.2 Å². The molecule has 1 aliphatic heterocycles. The molecule has 6 heteroatoms. The first kappa shape index (κ1) is 22.0. The first-order chi connectivity index (χ1) is 14.5. The number of nitrogens with zero attached hydrogens (tertiary/aromatic N) is 1. The van der Waals surface area contributed by atoms with Crippen LogP contribution in [0.25, 0.3) is 6.08 Å². The van der Waals surface area contributed by atoms with Gasteiger partial charge in [0, 0.05) is 6.54 Å². The molecule has 1 fully saturated rings. The minimum Gasteiger partial charge on any atom is -0.490 e. The number of unbranched alkanes of at least 4 members (excludes halogenated alkanes) is 1. The van der Waals surface area contributed by atoms with E-state index < -0.39 is 0 Å². The Bertz CT molecular complexity index is 937. The molecule has 2 aromatic carbocycles. The fraction of sp³-hybridized carbons (Fsp3) is 0.333. The van der Waals surface area contributed by atoms with Gasteiger partial charge in [-0.3, -0.25) is 14.5 Å². The number of amides is 2. The van der Waals surface area contributed by atoms with Crippen molar-refractivity contribution < 1.29 is 19.1 Å². The summed E-state index contributed by atoms with van der Waals surface area (Å²) in [7, 11) is 0. The normalized spacial score (nSPS) is 15.2. The Morgan fingerprint density at radius 3 is 2.47 bits per heavy atom. The van der Waals surface area contributed by atoms with Crippen LogP contribution in [0.4, 0.5) is 4.79 Å². The van der Waals surface area contributed by atoms with Gasteiger partial charge in [-0.15, -0.1) is 0 Å². The van der Waals surface area contributed by atoms with E-state index in [0.717, 1.165) is 35.7 Å². The van der Waals surface area contributed by atoms with Crippen molar-refractivity contribution in [3.63, 3.8) is 0 Å².